The first-order valence-electron chi connectivity index (χ1n) is 9.08. The topological polar surface area (TPSA) is 104 Å². The molecular formula is C21H22BrN5O3. The van der Waals surface area contributed by atoms with E-state index in [0.717, 1.165) is 21.3 Å². The Morgan fingerprint density at radius 3 is 2.63 bits per heavy atom. The molecule has 1 aromatic heterocycles. The van der Waals surface area contributed by atoms with Crippen LogP contribution in [0.25, 0.3) is 0 Å². The summed E-state index contributed by atoms with van der Waals surface area (Å²) in [6.07, 6.45) is 3.35. The number of carbonyl (C=O) groups excluding carboxylic acids is 1. The van der Waals surface area contributed by atoms with Crippen LogP contribution in [0.15, 0.2) is 52.2 Å². The third-order valence-electron chi connectivity index (χ3n) is 4.13. The number of hydrogen-bond donors (Lipinski definition) is 2. The Kier molecular flexibility index (Phi) is 6.73. The van der Waals surface area contributed by atoms with Crippen molar-refractivity contribution in [3.63, 3.8) is 0 Å². The zero-order valence-electron chi connectivity index (χ0n) is 16.8. The van der Waals surface area contributed by atoms with Crippen molar-refractivity contribution in [1.29, 1.82) is 0 Å². The monoisotopic (exact) mass is 471 g/mol. The van der Waals surface area contributed by atoms with E-state index in [1.54, 1.807) is 24.5 Å². The average molecular weight is 472 g/mol. The maximum atomic E-state index is 12.2. The highest BCUT2D eigenvalue weighted by atomic mass is 79.9. The van der Waals surface area contributed by atoms with Gasteiger partial charge in [0.15, 0.2) is 18.1 Å². The maximum Gasteiger partial charge on any atom is 0.262 e. The van der Waals surface area contributed by atoms with Crippen LogP contribution in [0.5, 0.6) is 11.5 Å². The number of imidazole rings is 1. The van der Waals surface area contributed by atoms with Crippen LogP contribution in [0.4, 0.5) is 11.6 Å². The lowest BCUT2D eigenvalue weighted by Crippen LogP contribution is -2.20. The molecule has 3 N–H and O–H groups in total. The maximum absolute atomic E-state index is 12.2. The molecule has 156 valence electrons. The van der Waals surface area contributed by atoms with E-state index in [9.17, 15) is 4.79 Å². The van der Waals surface area contributed by atoms with Gasteiger partial charge in [-0.2, -0.15) is 5.10 Å². The molecule has 0 unspecified atom stereocenters. The quantitative estimate of drug-likeness (QED) is 0.510. The van der Waals surface area contributed by atoms with Crippen molar-refractivity contribution in [2.24, 2.45) is 5.10 Å². The standard InChI is InChI=1S/C21H22BrN5O3/c1-13-4-6-16(7-5-13)26-20(28)12-30-19-9-17(22)15(8-18(19)29-3)10-24-27-11-14(2)25-21(27)23/h4-11H,12H2,1-3H3,(H2,23,25)(H,26,28). The van der Waals surface area contributed by atoms with Gasteiger partial charge in [-0.25, -0.2) is 9.66 Å². The van der Waals surface area contributed by atoms with Gasteiger partial charge in [0.2, 0.25) is 5.95 Å². The Balaban J connectivity index is 1.69. The predicted molar refractivity (Wildman–Crippen MR) is 120 cm³/mol. The van der Waals surface area contributed by atoms with Crippen molar-refractivity contribution in [1.82, 2.24) is 9.66 Å². The molecule has 3 aromatic rings. The third-order valence-corrected chi connectivity index (χ3v) is 4.82. The van der Waals surface area contributed by atoms with E-state index in [2.05, 4.69) is 31.3 Å². The molecule has 0 aliphatic heterocycles. The molecule has 1 amide bonds. The summed E-state index contributed by atoms with van der Waals surface area (Å²) >= 11 is 3.49. The fraction of sp³-hybridized carbons (Fsp3) is 0.190. The number of methoxy groups -OCH3 is 1. The molecule has 9 heteroatoms. The van der Waals surface area contributed by atoms with Gasteiger partial charge in [0.25, 0.3) is 5.91 Å². The average Bonchev–Trinajstić information content (AvgIpc) is 3.04. The van der Waals surface area contributed by atoms with Crippen molar-refractivity contribution in [3.05, 3.63) is 63.9 Å². The molecule has 0 radical (unpaired) electrons. The normalized spacial score (nSPS) is 10.9. The predicted octanol–water partition coefficient (Wildman–Crippen LogP) is 3.75. The SMILES string of the molecule is COc1cc(C=Nn2cc(C)nc2N)c(Br)cc1OCC(=O)Nc1ccc(C)cc1. The number of nitrogens with one attached hydrogen (secondary N) is 1. The van der Waals surface area contributed by atoms with E-state index in [1.165, 1.54) is 11.8 Å². The Bertz CT molecular complexity index is 1080. The molecule has 3 rings (SSSR count). The summed E-state index contributed by atoms with van der Waals surface area (Å²) in [5.74, 6) is 0.927. The van der Waals surface area contributed by atoms with Crippen molar-refractivity contribution in [2.75, 3.05) is 24.8 Å². The van der Waals surface area contributed by atoms with Crippen molar-refractivity contribution in [3.8, 4) is 11.5 Å². The Morgan fingerprint density at radius 1 is 1.27 bits per heavy atom. The van der Waals surface area contributed by atoms with Gasteiger partial charge in [-0.1, -0.05) is 17.7 Å². The summed E-state index contributed by atoms with van der Waals surface area (Å²) in [7, 11) is 1.53. The van der Waals surface area contributed by atoms with Crippen LogP contribution >= 0.6 is 15.9 Å². The van der Waals surface area contributed by atoms with Crippen LogP contribution < -0.4 is 20.5 Å². The molecule has 8 nitrogen and oxygen atoms in total. The van der Waals surface area contributed by atoms with Gasteiger partial charge in [0.05, 0.1) is 25.2 Å². The minimum atomic E-state index is -0.270. The van der Waals surface area contributed by atoms with Crippen LogP contribution in [-0.4, -0.2) is 35.5 Å². The zero-order chi connectivity index (χ0) is 21.7. The summed E-state index contributed by atoms with van der Waals surface area (Å²) in [6.45, 7) is 3.66. The van der Waals surface area contributed by atoms with Gasteiger partial charge in [0.1, 0.15) is 0 Å². The number of benzene rings is 2. The molecule has 1 heterocycles. The fourth-order valence-electron chi connectivity index (χ4n) is 2.62. The summed E-state index contributed by atoms with van der Waals surface area (Å²) in [6, 6.07) is 11.0. The number of hydrogen-bond acceptors (Lipinski definition) is 6. The number of anilines is 2. The van der Waals surface area contributed by atoms with Crippen molar-refractivity contribution in [2.45, 2.75) is 13.8 Å². The van der Waals surface area contributed by atoms with E-state index in [4.69, 9.17) is 15.2 Å². The number of aromatic nitrogens is 2. The molecule has 0 fully saturated rings. The summed E-state index contributed by atoms with van der Waals surface area (Å²) < 4.78 is 13.3. The molecule has 0 bridgehead atoms. The number of nitrogens with zero attached hydrogens (tertiary/aromatic N) is 3. The number of nitrogen functional groups attached to an aromatic ring is 1. The minimum Gasteiger partial charge on any atom is -0.493 e. The van der Waals surface area contributed by atoms with Crippen molar-refractivity contribution < 1.29 is 14.3 Å². The molecule has 0 aliphatic carbocycles. The first-order chi connectivity index (χ1) is 14.4. The van der Waals surface area contributed by atoms with Gasteiger partial charge in [-0.15, -0.1) is 0 Å². The second-order valence-corrected chi connectivity index (χ2v) is 7.41. The van der Waals surface area contributed by atoms with E-state index in [0.29, 0.717) is 23.1 Å². The number of halogens is 1. The minimum absolute atomic E-state index is 0.158. The second-order valence-electron chi connectivity index (χ2n) is 6.56. The van der Waals surface area contributed by atoms with Crippen LogP contribution in [0.1, 0.15) is 16.8 Å². The highest BCUT2D eigenvalue weighted by Crippen LogP contribution is 2.33. The van der Waals surface area contributed by atoms with Crippen LogP contribution in [0.3, 0.4) is 0 Å². The molecule has 0 aliphatic rings. The van der Waals surface area contributed by atoms with E-state index < -0.39 is 0 Å². The number of nitrogens with two attached hydrogens (primary N) is 1. The number of carbonyl (C=O) groups is 1. The fourth-order valence-corrected chi connectivity index (χ4v) is 3.04. The summed E-state index contributed by atoms with van der Waals surface area (Å²) in [5.41, 5.74) is 9.14. The van der Waals surface area contributed by atoms with Gasteiger partial charge in [-0.3, -0.25) is 4.79 Å². The number of amides is 1. The van der Waals surface area contributed by atoms with Crippen molar-refractivity contribution >= 4 is 39.7 Å². The molecule has 0 saturated carbocycles. The lowest BCUT2D eigenvalue weighted by Gasteiger charge is -2.13. The lowest BCUT2D eigenvalue weighted by molar-refractivity contribution is -0.118. The van der Waals surface area contributed by atoms with Gasteiger partial charge in [-0.05, 0) is 54.0 Å². The third kappa shape index (κ3) is 5.38. The molecular weight excluding hydrogens is 450 g/mol. The highest BCUT2D eigenvalue weighted by molar-refractivity contribution is 9.10. The van der Waals surface area contributed by atoms with Crippen LogP contribution in [0, 0.1) is 13.8 Å². The Labute approximate surface area is 182 Å². The Morgan fingerprint density at radius 2 is 2.00 bits per heavy atom. The highest BCUT2D eigenvalue weighted by Gasteiger charge is 2.12. The van der Waals surface area contributed by atoms with Gasteiger partial charge >= 0.3 is 0 Å². The number of aryl methyl sites for hydroxylation is 2. The van der Waals surface area contributed by atoms with Gasteiger partial charge in [0, 0.05) is 15.7 Å². The number of rotatable bonds is 7. The molecule has 0 atom stereocenters. The Hall–Kier alpha value is -3.33. The van der Waals surface area contributed by atoms with Gasteiger partial charge < -0.3 is 20.5 Å². The summed E-state index contributed by atoms with van der Waals surface area (Å²) in [5, 5.41) is 7.09. The molecule has 0 spiro atoms. The second kappa shape index (κ2) is 9.45. The molecule has 0 saturated heterocycles. The smallest absolute Gasteiger partial charge is 0.262 e. The summed E-state index contributed by atoms with van der Waals surface area (Å²) in [4.78, 5) is 16.3. The first kappa shape index (κ1) is 21.4. The zero-order valence-corrected chi connectivity index (χ0v) is 18.4. The van der Waals surface area contributed by atoms with E-state index in [1.807, 2.05) is 38.1 Å². The lowest BCUT2D eigenvalue weighted by atomic mass is 10.2. The largest absolute Gasteiger partial charge is 0.493 e. The van der Waals surface area contributed by atoms with E-state index >= 15 is 0 Å². The molecule has 30 heavy (non-hydrogen) atoms. The van der Waals surface area contributed by atoms with E-state index in [-0.39, 0.29) is 12.5 Å². The van der Waals surface area contributed by atoms with Crippen LogP contribution in [-0.2, 0) is 4.79 Å². The van der Waals surface area contributed by atoms with Crippen LogP contribution in [0.2, 0.25) is 0 Å². The first-order valence-corrected chi connectivity index (χ1v) is 9.87. The molecule has 2 aromatic carbocycles. The number of ether oxygens (including phenoxy) is 2.